The molecular formula is C51H30S. The number of hydrogen-bond donors (Lipinski definition) is 0. The smallest absolute Gasteiger partial charge is 0.0731 e. The van der Waals surface area contributed by atoms with Crippen LogP contribution in [-0.4, -0.2) is 0 Å². The van der Waals surface area contributed by atoms with Crippen LogP contribution in [0, 0.1) is 0 Å². The second-order valence-electron chi connectivity index (χ2n) is 14.4. The molecule has 2 aliphatic carbocycles. The fourth-order valence-electron chi connectivity index (χ4n) is 9.70. The fraction of sp³-hybridized carbons (Fsp3) is 0.0196. The van der Waals surface area contributed by atoms with Crippen molar-refractivity contribution in [3.63, 3.8) is 0 Å². The summed E-state index contributed by atoms with van der Waals surface area (Å²) >= 11 is 1.87. The summed E-state index contributed by atoms with van der Waals surface area (Å²) in [6, 6.07) is 68.5. The molecule has 9 aromatic carbocycles. The van der Waals surface area contributed by atoms with Crippen molar-refractivity contribution in [2.75, 3.05) is 0 Å². The van der Waals surface area contributed by atoms with E-state index in [4.69, 9.17) is 0 Å². The third-order valence-corrected chi connectivity index (χ3v) is 13.0. The zero-order valence-electron chi connectivity index (χ0n) is 28.2. The Bertz CT molecular complexity index is 3090. The van der Waals surface area contributed by atoms with Crippen LogP contribution in [-0.2, 0) is 5.41 Å². The topological polar surface area (TPSA) is 0 Å². The first-order valence-electron chi connectivity index (χ1n) is 18.1. The summed E-state index contributed by atoms with van der Waals surface area (Å²) in [4.78, 5) is 0. The molecule has 12 rings (SSSR count). The van der Waals surface area contributed by atoms with Crippen molar-refractivity contribution in [3.8, 4) is 44.5 Å². The molecule has 0 unspecified atom stereocenters. The van der Waals surface area contributed by atoms with Crippen molar-refractivity contribution in [1.82, 2.24) is 0 Å². The summed E-state index contributed by atoms with van der Waals surface area (Å²) in [7, 11) is 0. The molecule has 1 aromatic heterocycles. The number of hydrogen-bond acceptors (Lipinski definition) is 1. The highest BCUT2D eigenvalue weighted by Gasteiger charge is 2.52. The van der Waals surface area contributed by atoms with Gasteiger partial charge in [0, 0.05) is 20.2 Å². The van der Waals surface area contributed by atoms with Crippen molar-refractivity contribution in [2.24, 2.45) is 0 Å². The maximum atomic E-state index is 2.44. The molecule has 1 heteroatoms. The van der Waals surface area contributed by atoms with Gasteiger partial charge in [-0.25, -0.2) is 0 Å². The lowest BCUT2D eigenvalue weighted by Gasteiger charge is -2.31. The van der Waals surface area contributed by atoms with Crippen molar-refractivity contribution < 1.29 is 0 Å². The van der Waals surface area contributed by atoms with Gasteiger partial charge < -0.3 is 0 Å². The Kier molecular flexibility index (Phi) is 5.68. The second kappa shape index (κ2) is 10.4. The second-order valence-corrected chi connectivity index (χ2v) is 15.5. The summed E-state index contributed by atoms with van der Waals surface area (Å²) < 4.78 is 2.68. The normalized spacial score (nSPS) is 13.5. The highest BCUT2D eigenvalue weighted by molar-refractivity contribution is 7.25. The maximum absolute atomic E-state index is 2.44. The highest BCUT2D eigenvalue weighted by Crippen LogP contribution is 2.65. The van der Waals surface area contributed by atoms with Crippen LogP contribution in [0.15, 0.2) is 182 Å². The standard InChI is InChI=1S/C51H30S/c1-2-12-37-35(11-1)30-42(49-41-16-5-9-19-46(41)51(50(37)49)44-17-7-3-13-38(44)39-14-4-8-18-45(39)51)36-24-23-31-27-32(21-22-33(31)28-36)34-25-26-48-43(29-34)40-15-6-10-20-47(40)52-48/h1-30H. The first kappa shape index (κ1) is 28.4. The van der Waals surface area contributed by atoms with Crippen molar-refractivity contribution in [2.45, 2.75) is 5.41 Å². The molecule has 0 nitrogen and oxygen atoms in total. The Morgan fingerprint density at radius 3 is 1.63 bits per heavy atom. The van der Waals surface area contributed by atoms with Crippen molar-refractivity contribution in [3.05, 3.63) is 204 Å². The highest BCUT2D eigenvalue weighted by atomic mass is 32.1. The van der Waals surface area contributed by atoms with Gasteiger partial charge in [-0.15, -0.1) is 11.3 Å². The first-order valence-corrected chi connectivity index (χ1v) is 18.9. The molecule has 0 N–H and O–H groups in total. The maximum Gasteiger partial charge on any atom is 0.0731 e. The third kappa shape index (κ3) is 3.66. The van der Waals surface area contributed by atoms with Gasteiger partial charge in [0.2, 0.25) is 0 Å². The van der Waals surface area contributed by atoms with E-state index in [1.54, 1.807) is 0 Å². The minimum Gasteiger partial charge on any atom is -0.135 e. The molecule has 1 heterocycles. The number of thiophene rings is 1. The Morgan fingerprint density at radius 2 is 0.865 bits per heavy atom. The Morgan fingerprint density at radius 1 is 0.327 bits per heavy atom. The Labute approximate surface area is 305 Å². The molecule has 1 spiro atoms. The predicted octanol–water partition coefficient (Wildman–Crippen LogP) is 14.0. The lowest BCUT2D eigenvalue weighted by Crippen LogP contribution is -2.26. The lowest BCUT2D eigenvalue weighted by atomic mass is 9.69. The van der Waals surface area contributed by atoms with Crippen LogP contribution in [0.3, 0.4) is 0 Å². The summed E-state index contributed by atoms with van der Waals surface area (Å²) in [5.74, 6) is 0. The largest absolute Gasteiger partial charge is 0.135 e. The monoisotopic (exact) mass is 674 g/mol. The van der Waals surface area contributed by atoms with Crippen molar-refractivity contribution >= 4 is 53.1 Å². The van der Waals surface area contributed by atoms with Gasteiger partial charge in [-0.05, 0) is 125 Å². The zero-order valence-corrected chi connectivity index (χ0v) is 29.0. The Balaban J connectivity index is 1.09. The van der Waals surface area contributed by atoms with Crippen LogP contribution in [0.4, 0.5) is 0 Å². The van der Waals surface area contributed by atoms with Crippen LogP contribution in [0.2, 0.25) is 0 Å². The minimum absolute atomic E-state index is 0.393. The molecule has 0 radical (unpaired) electrons. The molecule has 2 aliphatic rings. The van der Waals surface area contributed by atoms with E-state index in [1.807, 2.05) is 11.3 Å². The van der Waals surface area contributed by atoms with Gasteiger partial charge in [0.25, 0.3) is 0 Å². The molecule has 0 saturated heterocycles. The van der Waals surface area contributed by atoms with Gasteiger partial charge >= 0.3 is 0 Å². The first-order chi connectivity index (χ1) is 25.8. The van der Waals surface area contributed by atoms with Gasteiger partial charge in [0.1, 0.15) is 0 Å². The predicted molar refractivity (Wildman–Crippen MR) is 222 cm³/mol. The molecule has 0 amide bonds. The van der Waals surface area contributed by atoms with E-state index < -0.39 is 5.41 Å². The minimum atomic E-state index is -0.393. The summed E-state index contributed by atoms with van der Waals surface area (Å²) in [5, 5.41) is 7.78. The van der Waals surface area contributed by atoms with E-state index >= 15 is 0 Å². The van der Waals surface area contributed by atoms with Gasteiger partial charge in [-0.2, -0.15) is 0 Å². The molecular weight excluding hydrogens is 645 g/mol. The van der Waals surface area contributed by atoms with Crippen molar-refractivity contribution in [1.29, 1.82) is 0 Å². The Hall–Kier alpha value is -6.28. The number of rotatable bonds is 2. The quantitative estimate of drug-likeness (QED) is 0.171. The van der Waals surface area contributed by atoms with Crippen LogP contribution >= 0.6 is 11.3 Å². The number of fused-ring (bicyclic) bond motifs is 16. The van der Waals surface area contributed by atoms with E-state index in [0.29, 0.717) is 0 Å². The molecule has 10 aromatic rings. The fourth-order valence-corrected chi connectivity index (χ4v) is 10.8. The third-order valence-electron chi connectivity index (χ3n) is 11.8. The average molecular weight is 675 g/mol. The van der Waals surface area contributed by atoms with Gasteiger partial charge in [0.05, 0.1) is 5.41 Å². The van der Waals surface area contributed by atoms with E-state index in [2.05, 4.69) is 182 Å². The van der Waals surface area contributed by atoms with Crippen LogP contribution in [0.1, 0.15) is 22.3 Å². The summed E-state index contributed by atoms with van der Waals surface area (Å²) in [6.07, 6.45) is 0. The molecule has 0 bridgehead atoms. The molecule has 0 atom stereocenters. The lowest BCUT2D eigenvalue weighted by molar-refractivity contribution is 0.801. The van der Waals surface area contributed by atoms with E-state index in [0.717, 1.165) is 0 Å². The van der Waals surface area contributed by atoms with Gasteiger partial charge in [-0.3, -0.25) is 0 Å². The van der Waals surface area contributed by atoms with Gasteiger partial charge in [-0.1, -0.05) is 146 Å². The molecule has 240 valence electrons. The van der Waals surface area contributed by atoms with E-state index in [9.17, 15) is 0 Å². The van der Waals surface area contributed by atoms with Crippen LogP contribution < -0.4 is 0 Å². The average Bonchev–Trinajstić information content (AvgIpc) is 3.84. The van der Waals surface area contributed by atoms with Crippen LogP contribution in [0.5, 0.6) is 0 Å². The van der Waals surface area contributed by atoms with Crippen LogP contribution in [0.25, 0.3) is 86.2 Å². The molecule has 0 fully saturated rings. The van der Waals surface area contributed by atoms with Gasteiger partial charge in [0.15, 0.2) is 0 Å². The van der Waals surface area contributed by atoms with E-state index in [1.165, 1.54) is 108 Å². The molecule has 0 aliphatic heterocycles. The molecule has 52 heavy (non-hydrogen) atoms. The molecule has 0 saturated carbocycles. The number of benzene rings is 9. The SMILES string of the molecule is c1ccc2c(c1)-c1ccccc1C21c2ccccc2-c2c(-c3ccc4cc(-c5ccc6sc7ccccc7c6c5)ccc4c3)cc3ccccc3c21. The zero-order chi connectivity index (χ0) is 34.0. The summed E-state index contributed by atoms with van der Waals surface area (Å²) in [6.45, 7) is 0. The summed E-state index contributed by atoms with van der Waals surface area (Å²) in [5.41, 5.74) is 15.6. The van der Waals surface area contributed by atoms with E-state index in [-0.39, 0.29) is 0 Å².